The second-order valence-corrected chi connectivity index (χ2v) is 8.66. The monoisotopic (exact) mass is 421 g/mol. The Balaban J connectivity index is 1.36. The second kappa shape index (κ2) is 7.71. The van der Waals surface area contributed by atoms with E-state index >= 15 is 0 Å². The molecule has 1 aliphatic heterocycles. The highest BCUT2D eigenvalue weighted by Crippen LogP contribution is 2.29. The van der Waals surface area contributed by atoms with Crippen LogP contribution < -0.4 is 0 Å². The number of aryl methyl sites for hydroxylation is 1. The molecule has 29 heavy (non-hydrogen) atoms. The van der Waals surface area contributed by atoms with Crippen LogP contribution in [-0.4, -0.2) is 37.8 Å². The smallest absolute Gasteiger partial charge is 0.235 e. The van der Waals surface area contributed by atoms with Crippen molar-refractivity contribution in [2.24, 2.45) is 0 Å². The van der Waals surface area contributed by atoms with Crippen molar-refractivity contribution in [2.45, 2.75) is 19.9 Å². The minimum Gasteiger partial charge on any atom is -0.295 e. The molecule has 0 unspecified atom stereocenters. The molecule has 0 saturated carbocycles. The fourth-order valence-electron chi connectivity index (χ4n) is 3.55. The van der Waals surface area contributed by atoms with Crippen molar-refractivity contribution >= 4 is 33.5 Å². The van der Waals surface area contributed by atoms with Crippen molar-refractivity contribution in [1.82, 2.24) is 24.7 Å². The van der Waals surface area contributed by atoms with Gasteiger partial charge < -0.3 is 0 Å². The molecule has 0 aliphatic carbocycles. The number of aromatic nitrogens is 4. The molecule has 2 aromatic carbocycles. The van der Waals surface area contributed by atoms with E-state index in [4.69, 9.17) is 16.7 Å². The standard InChI is InChI=1S/C22H20ClN5S/c1-15-6-8-16(9-7-15)20-24-25-22-28(20)26-21(29-22)17-10-12-27(13-11-17)14-18-4-2-3-5-19(18)23/h2-10H,11-14H2,1H3. The fourth-order valence-corrected chi connectivity index (χ4v) is 4.65. The second-order valence-electron chi connectivity index (χ2n) is 7.30. The topological polar surface area (TPSA) is 46.3 Å². The summed E-state index contributed by atoms with van der Waals surface area (Å²) in [6, 6.07) is 16.4. The maximum Gasteiger partial charge on any atom is 0.235 e. The molecule has 5 rings (SSSR count). The zero-order valence-electron chi connectivity index (χ0n) is 16.0. The van der Waals surface area contributed by atoms with E-state index in [1.807, 2.05) is 22.7 Å². The van der Waals surface area contributed by atoms with Gasteiger partial charge >= 0.3 is 0 Å². The van der Waals surface area contributed by atoms with Crippen LogP contribution >= 0.6 is 22.9 Å². The van der Waals surface area contributed by atoms with Crippen molar-refractivity contribution in [3.8, 4) is 11.4 Å². The quantitative estimate of drug-likeness (QED) is 0.459. The van der Waals surface area contributed by atoms with Gasteiger partial charge in [-0.15, -0.1) is 10.2 Å². The van der Waals surface area contributed by atoms with Crippen molar-refractivity contribution in [3.05, 3.63) is 75.8 Å². The Bertz CT molecular complexity index is 1190. The van der Waals surface area contributed by atoms with E-state index in [-0.39, 0.29) is 0 Å². The Hall–Kier alpha value is -2.54. The highest BCUT2D eigenvalue weighted by Gasteiger charge is 2.19. The summed E-state index contributed by atoms with van der Waals surface area (Å²) >= 11 is 7.91. The molecule has 1 aliphatic rings. The summed E-state index contributed by atoms with van der Waals surface area (Å²) in [4.78, 5) is 3.23. The fraction of sp³-hybridized carbons (Fsp3) is 0.227. The van der Waals surface area contributed by atoms with Gasteiger partial charge in [-0.3, -0.25) is 4.90 Å². The van der Waals surface area contributed by atoms with Crippen LogP contribution in [0.3, 0.4) is 0 Å². The van der Waals surface area contributed by atoms with Crippen LogP contribution in [0.15, 0.2) is 54.6 Å². The lowest BCUT2D eigenvalue weighted by atomic mass is 10.1. The van der Waals surface area contributed by atoms with E-state index in [9.17, 15) is 0 Å². The van der Waals surface area contributed by atoms with Crippen LogP contribution in [0.4, 0.5) is 0 Å². The minimum absolute atomic E-state index is 0.791. The number of hydrogen-bond donors (Lipinski definition) is 0. The third-order valence-electron chi connectivity index (χ3n) is 5.22. The Morgan fingerprint density at radius 1 is 1.07 bits per heavy atom. The largest absolute Gasteiger partial charge is 0.295 e. The van der Waals surface area contributed by atoms with E-state index in [2.05, 4.69) is 58.4 Å². The summed E-state index contributed by atoms with van der Waals surface area (Å²) in [5.41, 5.74) is 4.71. The van der Waals surface area contributed by atoms with E-state index < -0.39 is 0 Å². The molecule has 146 valence electrons. The van der Waals surface area contributed by atoms with Gasteiger partial charge in [0, 0.05) is 30.2 Å². The van der Waals surface area contributed by atoms with Gasteiger partial charge in [-0.2, -0.15) is 9.61 Å². The first-order valence-electron chi connectivity index (χ1n) is 9.62. The molecular weight excluding hydrogens is 402 g/mol. The molecule has 0 radical (unpaired) electrons. The van der Waals surface area contributed by atoms with Gasteiger partial charge in [0.25, 0.3) is 0 Å². The summed E-state index contributed by atoms with van der Waals surface area (Å²) in [5.74, 6) is 0.791. The number of halogens is 1. The van der Waals surface area contributed by atoms with Crippen LogP contribution in [0.2, 0.25) is 5.02 Å². The van der Waals surface area contributed by atoms with Crippen LogP contribution in [0.1, 0.15) is 22.6 Å². The van der Waals surface area contributed by atoms with Crippen molar-refractivity contribution in [3.63, 3.8) is 0 Å². The number of nitrogens with zero attached hydrogens (tertiary/aromatic N) is 5. The summed E-state index contributed by atoms with van der Waals surface area (Å²) in [5, 5.41) is 15.3. The molecule has 0 fully saturated rings. The Morgan fingerprint density at radius 2 is 1.90 bits per heavy atom. The number of benzene rings is 2. The van der Waals surface area contributed by atoms with E-state index in [1.165, 1.54) is 16.7 Å². The average Bonchev–Trinajstić information content (AvgIpc) is 3.32. The first-order valence-corrected chi connectivity index (χ1v) is 10.8. The summed E-state index contributed by atoms with van der Waals surface area (Å²) in [6.07, 6.45) is 3.24. The maximum absolute atomic E-state index is 6.31. The molecule has 0 saturated heterocycles. The van der Waals surface area contributed by atoms with Gasteiger partial charge in [-0.05, 0) is 30.5 Å². The molecule has 0 spiro atoms. The molecule has 7 heteroatoms. The summed E-state index contributed by atoms with van der Waals surface area (Å²) in [7, 11) is 0. The lowest BCUT2D eigenvalue weighted by molar-refractivity contribution is 0.294. The predicted molar refractivity (Wildman–Crippen MR) is 118 cm³/mol. The zero-order chi connectivity index (χ0) is 19.8. The lowest BCUT2D eigenvalue weighted by Crippen LogP contribution is -2.28. The molecule has 2 aromatic heterocycles. The third kappa shape index (κ3) is 3.71. The van der Waals surface area contributed by atoms with Crippen LogP contribution in [-0.2, 0) is 6.54 Å². The molecule has 0 atom stereocenters. The normalized spacial score (nSPS) is 15.0. The van der Waals surface area contributed by atoms with Crippen LogP contribution in [0, 0.1) is 6.92 Å². The van der Waals surface area contributed by atoms with Gasteiger partial charge in [0.2, 0.25) is 4.96 Å². The SMILES string of the molecule is Cc1ccc(-c2nnc3sc(C4=CCN(Cc5ccccc5Cl)CC4)nn23)cc1. The average molecular weight is 422 g/mol. The van der Waals surface area contributed by atoms with Crippen molar-refractivity contribution < 1.29 is 0 Å². The molecule has 0 bridgehead atoms. The zero-order valence-corrected chi connectivity index (χ0v) is 17.6. The van der Waals surface area contributed by atoms with Gasteiger partial charge in [0.1, 0.15) is 5.01 Å². The van der Waals surface area contributed by atoms with Crippen LogP contribution in [0.25, 0.3) is 21.9 Å². The Kier molecular flexibility index (Phi) is 4.91. The molecule has 0 N–H and O–H groups in total. The summed E-state index contributed by atoms with van der Waals surface area (Å²) < 4.78 is 1.86. The van der Waals surface area contributed by atoms with Crippen LogP contribution in [0.5, 0.6) is 0 Å². The number of hydrogen-bond acceptors (Lipinski definition) is 5. The first kappa shape index (κ1) is 18.5. The first-order chi connectivity index (χ1) is 14.2. The van der Waals surface area contributed by atoms with Crippen molar-refractivity contribution in [2.75, 3.05) is 13.1 Å². The molecular formula is C22H20ClN5S. The molecule has 0 amide bonds. The highest BCUT2D eigenvalue weighted by atomic mass is 35.5. The maximum atomic E-state index is 6.31. The highest BCUT2D eigenvalue weighted by molar-refractivity contribution is 7.17. The molecule has 3 heterocycles. The number of fused-ring (bicyclic) bond motifs is 1. The Labute approximate surface area is 178 Å². The van der Waals surface area contributed by atoms with Gasteiger partial charge in [0.15, 0.2) is 5.82 Å². The van der Waals surface area contributed by atoms with E-state index in [1.54, 1.807) is 11.3 Å². The van der Waals surface area contributed by atoms with E-state index in [0.717, 1.165) is 52.4 Å². The molecule has 4 aromatic rings. The summed E-state index contributed by atoms with van der Waals surface area (Å²) in [6.45, 7) is 4.83. The Morgan fingerprint density at radius 3 is 2.66 bits per heavy atom. The third-order valence-corrected chi connectivity index (χ3v) is 6.56. The predicted octanol–water partition coefficient (Wildman–Crippen LogP) is 5.10. The lowest BCUT2D eigenvalue weighted by Gasteiger charge is -2.25. The van der Waals surface area contributed by atoms with Gasteiger partial charge in [0.05, 0.1) is 0 Å². The number of rotatable bonds is 4. The van der Waals surface area contributed by atoms with Crippen molar-refractivity contribution in [1.29, 1.82) is 0 Å². The van der Waals surface area contributed by atoms with E-state index in [0.29, 0.717) is 0 Å². The molecule has 5 nitrogen and oxygen atoms in total. The van der Waals surface area contributed by atoms with Gasteiger partial charge in [-0.25, -0.2) is 0 Å². The van der Waals surface area contributed by atoms with Gasteiger partial charge in [-0.1, -0.05) is 77.0 Å². The minimum atomic E-state index is 0.791.